The number of anilines is 2. The van der Waals surface area contributed by atoms with Gasteiger partial charge in [-0.3, -0.25) is 19.3 Å². The second kappa shape index (κ2) is 8.98. The lowest BCUT2D eigenvalue weighted by Gasteiger charge is -2.19. The van der Waals surface area contributed by atoms with Gasteiger partial charge in [0, 0.05) is 10.2 Å². The average Bonchev–Trinajstić information content (AvgIpc) is 3.52. The summed E-state index contributed by atoms with van der Waals surface area (Å²) in [7, 11) is 0. The Hall–Kier alpha value is -3.00. The number of benzene rings is 2. The van der Waals surface area contributed by atoms with Crippen LogP contribution in [0.4, 0.5) is 11.4 Å². The van der Waals surface area contributed by atoms with Gasteiger partial charge in [0.1, 0.15) is 0 Å². The lowest BCUT2D eigenvalue weighted by molar-refractivity contribution is -0.123. The third-order valence-electron chi connectivity index (χ3n) is 7.35. The molecule has 0 aromatic heterocycles. The molecule has 176 valence electrons. The van der Waals surface area contributed by atoms with E-state index in [1.54, 1.807) is 18.2 Å². The number of nitrogens with one attached hydrogen (secondary N) is 1. The van der Waals surface area contributed by atoms with Gasteiger partial charge in [0.05, 0.1) is 23.1 Å². The van der Waals surface area contributed by atoms with Crippen LogP contribution in [0, 0.1) is 23.7 Å². The minimum Gasteiger partial charge on any atom is -0.452 e. The van der Waals surface area contributed by atoms with Gasteiger partial charge in [0.25, 0.3) is 5.91 Å². The van der Waals surface area contributed by atoms with E-state index >= 15 is 0 Å². The Morgan fingerprint density at radius 2 is 1.68 bits per heavy atom. The topological polar surface area (TPSA) is 92.8 Å². The Morgan fingerprint density at radius 3 is 2.29 bits per heavy atom. The Balaban J connectivity index is 1.20. The third kappa shape index (κ3) is 3.94. The molecule has 1 aliphatic heterocycles. The Labute approximate surface area is 206 Å². The number of halogens is 1. The molecular weight excluding hydrogens is 500 g/mol. The van der Waals surface area contributed by atoms with Crippen molar-refractivity contribution in [2.24, 2.45) is 23.7 Å². The van der Waals surface area contributed by atoms with Crippen molar-refractivity contribution in [2.75, 3.05) is 16.8 Å². The van der Waals surface area contributed by atoms with Crippen LogP contribution >= 0.6 is 15.9 Å². The minimum absolute atomic E-state index is 0.117. The number of imide groups is 1. The minimum atomic E-state index is -0.651. The van der Waals surface area contributed by atoms with Gasteiger partial charge in [-0.2, -0.15) is 0 Å². The SMILES string of the molecule is CCc1cc(Br)ccc1NC(=O)COC(=O)c1ccc(N2C(=O)[C@H]3[C@H]4CC[C@@H](C4)[C@@H]3C2=O)cc1. The highest BCUT2D eigenvalue weighted by Gasteiger charge is 2.61. The van der Waals surface area contributed by atoms with Crippen LogP contribution in [-0.4, -0.2) is 30.3 Å². The van der Waals surface area contributed by atoms with Crippen molar-refractivity contribution in [2.45, 2.75) is 32.6 Å². The molecule has 2 aromatic carbocycles. The molecule has 3 amide bonds. The van der Waals surface area contributed by atoms with E-state index in [0.29, 0.717) is 23.2 Å². The highest BCUT2D eigenvalue weighted by atomic mass is 79.9. The number of aryl methyl sites for hydroxylation is 1. The first-order chi connectivity index (χ1) is 16.4. The molecule has 0 spiro atoms. The van der Waals surface area contributed by atoms with Gasteiger partial charge < -0.3 is 10.1 Å². The number of esters is 1. The van der Waals surface area contributed by atoms with Crippen molar-refractivity contribution < 1.29 is 23.9 Å². The number of carbonyl (C=O) groups is 4. The molecule has 1 N–H and O–H groups in total. The maximum absolute atomic E-state index is 13.0. The zero-order chi connectivity index (χ0) is 24.0. The van der Waals surface area contributed by atoms with Gasteiger partial charge in [-0.05, 0) is 85.5 Å². The molecule has 0 radical (unpaired) electrons. The number of fused-ring (bicyclic) bond motifs is 5. The fourth-order valence-corrected chi connectivity index (χ4v) is 6.20. The summed E-state index contributed by atoms with van der Waals surface area (Å²) in [5.74, 6) is -1.05. The molecule has 0 unspecified atom stereocenters. The molecule has 1 saturated heterocycles. The molecule has 4 atom stereocenters. The highest BCUT2D eigenvalue weighted by molar-refractivity contribution is 9.10. The molecule has 3 fully saturated rings. The number of rotatable bonds is 6. The standard InChI is InChI=1S/C26H25BrN2O5/c1-2-14-12-18(27)7-10-20(14)28-21(30)13-34-26(33)15-5-8-19(9-6-15)29-24(31)22-16-3-4-17(11-16)23(22)25(29)32/h5-10,12,16-17,22-23H,2-4,11,13H2,1H3,(H,28,30)/t16-,17-,22-,23-/m0/s1. The fourth-order valence-electron chi connectivity index (χ4n) is 5.79. The van der Waals surface area contributed by atoms with Crippen LogP contribution in [0.3, 0.4) is 0 Å². The van der Waals surface area contributed by atoms with E-state index in [-0.39, 0.29) is 29.2 Å². The number of carbonyl (C=O) groups excluding carboxylic acids is 4. The number of amides is 3. The van der Waals surface area contributed by atoms with Gasteiger partial charge in [-0.25, -0.2) is 4.79 Å². The fraction of sp³-hybridized carbons (Fsp3) is 0.385. The number of hydrogen-bond donors (Lipinski definition) is 1. The molecule has 8 heteroatoms. The van der Waals surface area contributed by atoms with Crippen molar-refractivity contribution >= 4 is 51.0 Å². The monoisotopic (exact) mass is 524 g/mol. The van der Waals surface area contributed by atoms with Gasteiger partial charge in [-0.1, -0.05) is 22.9 Å². The number of ether oxygens (including phenoxy) is 1. The van der Waals surface area contributed by atoms with Crippen molar-refractivity contribution in [3.63, 3.8) is 0 Å². The maximum Gasteiger partial charge on any atom is 0.338 e. The quantitative estimate of drug-likeness (QED) is 0.448. The zero-order valence-corrected chi connectivity index (χ0v) is 20.3. The average molecular weight is 525 g/mol. The number of nitrogens with zero attached hydrogens (tertiary/aromatic N) is 1. The van der Waals surface area contributed by atoms with E-state index in [4.69, 9.17) is 4.74 Å². The van der Waals surface area contributed by atoms with Crippen LogP contribution in [0.5, 0.6) is 0 Å². The number of hydrogen-bond acceptors (Lipinski definition) is 5. The Morgan fingerprint density at radius 1 is 1.03 bits per heavy atom. The molecule has 2 aliphatic carbocycles. The summed E-state index contributed by atoms with van der Waals surface area (Å²) in [5.41, 5.74) is 2.36. The van der Waals surface area contributed by atoms with Crippen molar-refractivity contribution in [3.05, 3.63) is 58.1 Å². The first kappa shape index (κ1) is 22.8. The van der Waals surface area contributed by atoms with Gasteiger partial charge in [0.15, 0.2) is 6.61 Å². The molecule has 2 bridgehead atoms. The summed E-state index contributed by atoms with van der Waals surface area (Å²) < 4.78 is 6.08. The maximum atomic E-state index is 13.0. The van der Waals surface area contributed by atoms with E-state index in [0.717, 1.165) is 35.7 Å². The predicted molar refractivity (Wildman–Crippen MR) is 129 cm³/mol. The van der Waals surface area contributed by atoms with Crippen LogP contribution in [-0.2, 0) is 25.5 Å². The van der Waals surface area contributed by atoms with Gasteiger partial charge in [0.2, 0.25) is 11.8 Å². The second-order valence-corrected chi connectivity index (χ2v) is 10.1. The molecule has 2 saturated carbocycles. The van der Waals surface area contributed by atoms with E-state index in [1.807, 2.05) is 19.1 Å². The Kier molecular flexibility index (Phi) is 6.02. The summed E-state index contributed by atoms with van der Waals surface area (Å²) in [4.78, 5) is 51.9. The predicted octanol–water partition coefficient (Wildman–Crippen LogP) is 4.34. The summed E-state index contributed by atoms with van der Waals surface area (Å²) in [5, 5.41) is 2.76. The molecule has 34 heavy (non-hydrogen) atoms. The normalized spacial score (nSPS) is 24.9. The van der Waals surface area contributed by atoms with Gasteiger partial charge >= 0.3 is 5.97 Å². The molecule has 2 aromatic rings. The van der Waals surface area contributed by atoms with E-state index < -0.39 is 18.5 Å². The van der Waals surface area contributed by atoms with Crippen LogP contribution in [0.1, 0.15) is 42.1 Å². The lowest BCUT2D eigenvalue weighted by Crippen LogP contribution is -2.32. The highest BCUT2D eigenvalue weighted by Crippen LogP contribution is 2.56. The van der Waals surface area contributed by atoms with Gasteiger partial charge in [-0.15, -0.1) is 0 Å². The lowest BCUT2D eigenvalue weighted by atomic mass is 9.81. The summed E-state index contributed by atoms with van der Waals surface area (Å²) in [6.45, 7) is 1.57. The molecule has 7 nitrogen and oxygen atoms in total. The molecule has 3 aliphatic rings. The van der Waals surface area contributed by atoms with Crippen LogP contribution < -0.4 is 10.2 Å². The van der Waals surface area contributed by atoms with Crippen LogP contribution in [0.15, 0.2) is 46.9 Å². The first-order valence-corrected chi connectivity index (χ1v) is 12.4. The second-order valence-electron chi connectivity index (χ2n) is 9.22. The molecular formula is C26H25BrN2O5. The van der Waals surface area contributed by atoms with E-state index in [9.17, 15) is 19.2 Å². The van der Waals surface area contributed by atoms with E-state index in [1.165, 1.54) is 17.0 Å². The van der Waals surface area contributed by atoms with Crippen molar-refractivity contribution in [1.29, 1.82) is 0 Å². The third-order valence-corrected chi connectivity index (χ3v) is 7.84. The Bertz CT molecular complexity index is 1150. The molecule has 1 heterocycles. The first-order valence-electron chi connectivity index (χ1n) is 11.6. The summed E-state index contributed by atoms with van der Waals surface area (Å²) in [6.07, 6.45) is 3.78. The smallest absolute Gasteiger partial charge is 0.338 e. The van der Waals surface area contributed by atoms with Crippen molar-refractivity contribution in [3.8, 4) is 0 Å². The summed E-state index contributed by atoms with van der Waals surface area (Å²) >= 11 is 3.41. The largest absolute Gasteiger partial charge is 0.452 e. The summed E-state index contributed by atoms with van der Waals surface area (Å²) in [6, 6.07) is 11.8. The van der Waals surface area contributed by atoms with Crippen LogP contribution in [0.25, 0.3) is 0 Å². The van der Waals surface area contributed by atoms with E-state index in [2.05, 4.69) is 21.2 Å². The zero-order valence-electron chi connectivity index (χ0n) is 18.8. The molecule has 5 rings (SSSR count). The van der Waals surface area contributed by atoms with Crippen LogP contribution in [0.2, 0.25) is 0 Å². The van der Waals surface area contributed by atoms with Crippen molar-refractivity contribution in [1.82, 2.24) is 0 Å².